The average molecular weight is 292 g/mol. The summed E-state index contributed by atoms with van der Waals surface area (Å²) in [6.45, 7) is 0. The molecule has 0 aliphatic heterocycles. The molecule has 0 aromatic heterocycles. The molecule has 3 heteroatoms. The Bertz CT molecular complexity index is 719. The molecule has 0 atom stereocenters. The third-order valence-corrected chi connectivity index (χ3v) is 3.72. The highest BCUT2D eigenvalue weighted by Crippen LogP contribution is 2.33. The van der Waals surface area contributed by atoms with E-state index in [1.54, 1.807) is 12.1 Å². The van der Waals surface area contributed by atoms with Crippen molar-refractivity contribution in [3.63, 3.8) is 0 Å². The Balaban J connectivity index is 2.13. The van der Waals surface area contributed by atoms with Crippen LogP contribution in [0.5, 0.6) is 0 Å². The third-order valence-electron chi connectivity index (χ3n) is 3.72. The number of halogens is 1. The first-order valence-electron chi connectivity index (χ1n) is 7.10. The Labute approximate surface area is 129 Å². The van der Waals surface area contributed by atoms with Gasteiger partial charge in [-0.05, 0) is 53.1 Å². The molecule has 110 valence electrons. The standard InChI is InChI=1S/C19H17FN2/c20-16-3-1-2-15(12-16)19(13-4-8-17(21)9-5-13)14-6-10-18(22)11-7-14/h1-12,19H,21-22H2. The summed E-state index contributed by atoms with van der Waals surface area (Å²) in [5, 5.41) is 0. The van der Waals surface area contributed by atoms with E-state index in [-0.39, 0.29) is 11.7 Å². The lowest BCUT2D eigenvalue weighted by Crippen LogP contribution is -2.04. The van der Waals surface area contributed by atoms with E-state index in [1.165, 1.54) is 6.07 Å². The minimum absolute atomic E-state index is 0.0584. The SMILES string of the molecule is Nc1ccc(C(c2ccc(N)cc2)c2cccc(F)c2)cc1. The highest BCUT2D eigenvalue weighted by atomic mass is 19.1. The van der Waals surface area contributed by atoms with E-state index in [0.29, 0.717) is 11.4 Å². The van der Waals surface area contributed by atoms with Crippen LogP contribution in [0.25, 0.3) is 0 Å². The zero-order valence-electron chi connectivity index (χ0n) is 12.0. The molecule has 0 amide bonds. The van der Waals surface area contributed by atoms with E-state index in [1.807, 2.05) is 54.6 Å². The second-order valence-corrected chi connectivity index (χ2v) is 5.32. The predicted octanol–water partition coefficient (Wildman–Crippen LogP) is 4.17. The summed E-state index contributed by atoms with van der Waals surface area (Å²) >= 11 is 0. The van der Waals surface area contributed by atoms with Crippen molar-refractivity contribution in [1.29, 1.82) is 0 Å². The molecule has 2 nitrogen and oxygen atoms in total. The molecule has 0 aliphatic rings. The largest absolute Gasteiger partial charge is 0.399 e. The fraction of sp³-hybridized carbons (Fsp3) is 0.0526. The van der Waals surface area contributed by atoms with Gasteiger partial charge in [-0.15, -0.1) is 0 Å². The second kappa shape index (κ2) is 5.90. The van der Waals surface area contributed by atoms with Gasteiger partial charge in [0.25, 0.3) is 0 Å². The van der Waals surface area contributed by atoms with Crippen LogP contribution in [0.15, 0.2) is 72.8 Å². The van der Waals surface area contributed by atoms with Crippen LogP contribution in [0.3, 0.4) is 0 Å². The lowest BCUT2D eigenvalue weighted by atomic mass is 9.85. The van der Waals surface area contributed by atoms with Gasteiger partial charge in [-0.3, -0.25) is 0 Å². The van der Waals surface area contributed by atoms with Gasteiger partial charge in [0, 0.05) is 17.3 Å². The van der Waals surface area contributed by atoms with E-state index < -0.39 is 0 Å². The van der Waals surface area contributed by atoms with Crippen molar-refractivity contribution in [2.75, 3.05) is 11.5 Å². The van der Waals surface area contributed by atoms with E-state index >= 15 is 0 Å². The van der Waals surface area contributed by atoms with Gasteiger partial charge in [0.05, 0.1) is 0 Å². The van der Waals surface area contributed by atoms with Crippen molar-refractivity contribution >= 4 is 11.4 Å². The van der Waals surface area contributed by atoms with Crippen molar-refractivity contribution in [2.24, 2.45) is 0 Å². The first-order chi connectivity index (χ1) is 10.6. The summed E-state index contributed by atoms with van der Waals surface area (Å²) in [5.41, 5.74) is 16.0. The molecule has 0 spiro atoms. The van der Waals surface area contributed by atoms with E-state index in [0.717, 1.165) is 16.7 Å². The van der Waals surface area contributed by atoms with Crippen molar-refractivity contribution in [3.05, 3.63) is 95.3 Å². The van der Waals surface area contributed by atoms with Crippen molar-refractivity contribution in [1.82, 2.24) is 0 Å². The number of hydrogen-bond donors (Lipinski definition) is 2. The van der Waals surface area contributed by atoms with Gasteiger partial charge in [-0.25, -0.2) is 4.39 Å². The quantitative estimate of drug-likeness (QED) is 0.562. The van der Waals surface area contributed by atoms with Gasteiger partial charge >= 0.3 is 0 Å². The Morgan fingerprint density at radius 2 is 1.14 bits per heavy atom. The Kier molecular flexibility index (Phi) is 3.79. The van der Waals surface area contributed by atoms with Crippen molar-refractivity contribution < 1.29 is 4.39 Å². The van der Waals surface area contributed by atoms with Gasteiger partial charge < -0.3 is 11.5 Å². The summed E-state index contributed by atoms with van der Waals surface area (Å²) in [6, 6.07) is 22.0. The lowest BCUT2D eigenvalue weighted by molar-refractivity contribution is 0.625. The van der Waals surface area contributed by atoms with Crippen LogP contribution in [-0.4, -0.2) is 0 Å². The Hall–Kier alpha value is -2.81. The van der Waals surface area contributed by atoms with Crippen LogP contribution in [0, 0.1) is 5.82 Å². The molecule has 3 aromatic carbocycles. The minimum atomic E-state index is -0.242. The van der Waals surface area contributed by atoms with Crippen LogP contribution in [0.2, 0.25) is 0 Å². The molecule has 3 aromatic rings. The fourth-order valence-corrected chi connectivity index (χ4v) is 2.64. The average Bonchev–Trinajstić information content (AvgIpc) is 2.51. The van der Waals surface area contributed by atoms with Crippen LogP contribution in [0.4, 0.5) is 15.8 Å². The fourth-order valence-electron chi connectivity index (χ4n) is 2.64. The Morgan fingerprint density at radius 1 is 0.636 bits per heavy atom. The maximum Gasteiger partial charge on any atom is 0.123 e. The monoisotopic (exact) mass is 292 g/mol. The number of anilines is 2. The van der Waals surface area contributed by atoms with Crippen molar-refractivity contribution in [2.45, 2.75) is 5.92 Å². The lowest BCUT2D eigenvalue weighted by Gasteiger charge is -2.19. The van der Waals surface area contributed by atoms with E-state index in [2.05, 4.69) is 0 Å². The number of rotatable bonds is 3. The molecule has 0 bridgehead atoms. The molecule has 0 heterocycles. The summed E-state index contributed by atoms with van der Waals surface area (Å²) in [4.78, 5) is 0. The minimum Gasteiger partial charge on any atom is -0.399 e. The molecule has 0 fully saturated rings. The van der Waals surface area contributed by atoms with Gasteiger partial charge in [0.2, 0.25) is 0 Å². The van der Waals surface area contributed by atoms with Gasteiger partial charge in [0.1, 0.15) is 5.82 Å². The number of nitrogens with two attached hydrogens (primary N) is 2. The first-order valence-corrected chi connectivity index (χ1v) is 7.10. The smallest absolute Gasteiger partial charge is 0.123 e. The maximum atomic E-state index is 13.6. The molecule has 0 radical (unpaired) electrons. The number of hydrogen-bond acceptors (Lipinski definition) is 2. The van der Waals surface area contributed by atoms with Crippen LogP contribution < -0.4 is 11.5 Å². The van der Waals surface area contributed by atoms with Gasteiger partial charge in [-0.2, -0.15) is 0 Å². The van der Waals surface area contributed by atoms with Crippen LogP contribution in [0.1, 0.15) is 22.6 Å². The van der Waals surface area contributed by atoms with Gasteiger partial charge in [0.15, 0.2) is 0 Å². The molecule has 4 N–H and O–H groups in total. The normalized spacial score (nSPS) is 10.8. The first kappa shape index (κ1) is 14.1. The maximum absolute atomic E-state index is 13.6. The summed E-state index contributed by atoms with van der Waals surface area (Å²) in [5.74, 6) is -0.301. The predicted molar refractivity (Wildman–Crippen MR) is 89.1 cm³/mol. The molecule has 22 heavy (non-hydrogen) atoms. The van der Waals surface area contributed by atoms with Crippen molar-refractivity contribution in [3.8, 4) is 0 Å². The Morgan fingerprint density at radius 3 is 1.59 bits per heavy atom. The zero-order valence-corrected chi connectivity index (χ0v) is 12.0. The molecular formula is C19H17FN2. The topological polar surface area (TPSA) is 52.0 Å². The third kappa shape index (κ3) is 2.93. The van der Waals surface area contributed by atoms with E-state index in [4.69, 9.17) is 11.5 Å². The number of benzene rings is 3. The number of nitrogen functional groups attached to an aromatic ring is 2. The highest BCUT2D eigenvalue weighted by Gasteiger charge is 2.17. The molecule has 0 saturated carbocycles. The molecule has 0 unspecified atom stereocenters. The summed E-state index contributed by atoms with van der Waals surface area (Å²) in [7, 11) is 0. The molecule has 3 rings (SSSR count). The molecule has 0 saturated heterocycles. The zero-order chi connectivity index (χ0) is 15.5. The van der Waals surface area contributed by atoms with Crippen LogP contribution >= 0.6 is 0 Å². The molecular weight excluding hydrogens is 275 g/mol. The van der Waals surface area contributed by atoms with E-state index in [9.17, 15) is 4.39 Å². The highest BCUT2D eigenvalue weighted by molar-refractivity contribution is 5.50. The van der Waals surface area contributed by atoms with Crippen LogP contribution in [-0.2, 0) is 0 Å². The summed E-state index contributed by atoms with van der Waals surface area (Å²) < 4.78 is 13.6. The summed E-state index contributed by atoms with van der Waals surface area (Å²) in [6.07, 6.45) is 0. The molecule has 0 aliphatic carbocycles. The van der Waals surface area contributed by atoms with Gasteiger partial charge in [-0.1, -0.05) is 36.4 Å². The second-order valence-electron chi connectivity index (χ2n) is 5.32.